The lowest BCUT2D eigenvalue weighted by atomic mass is 10.3. The molecule has 0 radical (unpaired) electrons. The molecule has 2 aromatic rings. The number of carbonyl (C=O) groups is 1. The normalized spacial score (nSPS) is 11.4. The van der Waals surface area contributed by atoms with Crippen LogP contribution in [0.4, 0.5) is 0 Å². The molecule has 1 aromatic heterocycles. The summed E-state index contributed by atoms with van der Waals surface area (Å²) >= 11 is 0. The predicted octanol–water partition coefficient (Wildman–Crippen LogP) is 1.25. The lowest BCUT2D eigenvalue weighted by Crippen LogP contribution is -2.41. The van der Waals surface area contributed by atoms with Crippen LogP contribution >= 0.6 is 0 Å². The van der Waals surface area contributed by atoms with Crippen molar-refractivity contribution >= 4 is 15.9 Å². The van der Waals surface area contributed by atoms with Crippen molar-refractivity contribution in [2.45, 2.75) is 11.4 Å². The van der Waals surface area contributed by atoms with Gasteiger partial charge in [0.25, 0.3) is 0 Å². The van der Waals surface area contributed by atoms with Crippen LogP contribution < -0.4 is 14.8 Å². The third kappa shape index (κ3) is 5.47. The zero-order valence-corrected chi connectivity index (χ0v) is 16.8. The summed E-state index contributed by atoms with van der Waals surface area (Å²) in [7, 11) is 0.369. The summed E-state index contributed by atoms with van der Waals surface area (Å²) in [6, 6.07) is 7.53. The first-order chi connectivity index (χ1) is 13.4. The Morgan fingerprint density at radius 1 is 1.14 bits per heavy atom. The Morgan fingerprint density at radius 3 is 2.50 bits per heavy atom. The molecule has 9 nitrogen and oxygen atoms in total. The van der Waals surface area contributed by atoms with Crippen molar-refractivity contribution in [3.63, 3.8) is 0 Å². The summed E-state index contributed by atoms with van der Waals surface area (Å²) in [6.45, 7) is 0.134. The summed E-state index contributed by atoms with van der Waals surface area (Å²) in [5.41, 5.74) is 0. The number of nitrogens with zero attached hydrogens (tertiary/aromatic N) is 1. The van der Waals surface area contributed by atoms with Gasteiger partial charge in [0.05, 0.1) is 45.1 Å². The molecule has 0 aliphatic rings. The first-order valence-electron chi connectivity index (χ1n) is 8.42. The zero-order valence-electron chi connectivity index (χ0n) is 16.0. The molecule has 0 aliphatic heterocycles. The molecule has 1 amide bonds. The van der Waals surface area contributed by atoms with Crippen molar-refractivity contribution in [2.24, 2.45) is 0 Å². The van der Waals surface area contributed by atoms with Gasteiger partial charge in [-0.2, -0.15) is 4.31 Å². The van der Waals surface area contributed by atoms with Crippen molar-refractivity contribution in [3.05, 3.63) is 42.4 Å². The Morgan fingerprint density at radius 2 is 1.89 bits per heavy atom. The highest BCUT2D eigenvalue weighted by molar-refractivity contribution is 7.89. The molecule has 28 heavy (non-hydrogen) atoms. The Kier molecular flexibility index (Phi) is 7.85. The van der Waals surface area contributed by atoms with Crippen LogP contribution in [0, 0.1) is 0 Å². The number of rotatable bonds is 11. The molecular weight excluding hydrogens is 388 g/mol. The van der Waals surface area contributed by atoms with Crippen molar-refractivity contribution in [1.29, 1.82) is 0 Å². The second-order valence-electron chi connectivity index (χ2n) is 5.71. The molecule has 0 fully saturated rings. The van der Waals surface area contributed by atoms with Crippen molar-refractivity contribution in [1.82, 2.24) is 9.62 Å². The Hall–Kier alpha value is -2.56. The maximum Gasteiger partial charge on any atom is 0.244 e. The molecule has 0 saturated carbocycles. The van der Waals surface area contributed by atoms with E-state index < -0.39 is 15.9 Å². The zero-order chi connectivity index (χ0) is 20.6. The summed E-state index contributed by atoms with van der Waals surface area (Å²) in [5, 5.41) is 2.61. The van der Waals surface area contributed by atoms with E-state index in [-0.39, 0.29) is 30.3 Å². The van der Waals surface area contributed by atoms with Crippen molar-refractivity contribution < 1.29 is 31.8 Å². The second kappa shape index (κ2) is 10.1. The maximum atomic E-state index is 13.2. The van der Waals surface area contributed by atoms with E-state index in [9.17, 15) is 13.2 Å². The van der Waals surface area contributed by atoms with E-state index in [1.165, 1.54) is 45.8 Å². The van der Waals surface area contributed by atoms with Gasteiger partial charge < -0.3 is 23.9 Å². The number of carbonyl (C=O) groups excluding carboxylic acids is 1. The number of ether oxygens (including phenoxy) is 3. The molecule has 10 heteroatoms. The smallest absolute Gasteiger partial charge is 0.244 e. The van der Waals surface area contributed by atoms with Gasteiger partial charge in [0.15, 0.2) is 11.5 Å². The van der Waals surface area contributed by atoms with E-state index in [0.29, 0.717) is 18.1 Å². The number of nitrogens with one attached hydrogen (secondary N) is 1. The number of hydrogen-bond donors (Lipinski definition) is 1. The van der Waals surface area contributed by atoms with Crippen molar-refractivity contribution in [2.75, 3.05) is 41.0 Å². The standard InChI is InChI=1S/C18H24N2O7S/c1-24-10-8-19-18(21)13-20(12-14-5-4-9-27-14)28(22,23)15-6-7-16(25-2)17(11-15)26-3/h4-7,9,11H,8,10,12-13H2,1-3H3,(H,19,21). The van der Waals surface area contributed by atoms with E-state index in [0.717, 1.165) is 4.31 Å². The van der Waals surface area contributed by atoms with Gasteiger partial charge >= 0.3 is 0 Å². The summed E-state index contributed by atoms with van der Waals surface area (Å²) in [5.74, 6) is 0.629. The van der Waals surface area contributed by atoms with E-state index in [2.05, 4.69) is 5.32 Å². The number of benzene rings is 1. The molecular formula is C18H24N2O7S. The number of furan rings is 1. The van der Waals surface area contributed by atoms with Gasteiger partial charge in [-0.25, -0.2) is 8.42 Å². The summed E-state index contributed by atoms with van der Waals surface area (Å²) in [4.78, 5) is 12.2. The van der Waals surface area contributed by atoms with E-state index >= 15 is 0 Å². The van der Waals surface area contributed by atoms with Gasteiger partial charge in [-0.1, -0.05) is 0 Å². The van der Waals surface area contributed by atoms with Crippen LogP contribution in [0.1, 0.15) is 5.76 Å². The van der Waals surface area contributed by atoms with Gasteiger partial charge in [-0.05, 0) is 24.3 Å². The lowest BCUT2D eigenvalue weighted by molar-refractivity contribution is -0.121. The highest BCUT2D eigenvalue weighted by Gasteiger charge is 2.28. The molecule has 1 N–H and O–H groups in total. The third-order valence-corrected chi connectivity index (χ3v) is 5.64. The fourth-order valence-electron chi connectivity index (χ4n) is 2.44. The fourth-order valence-corrected chi connectivity index (χ4v) is 3.82. The van der Waals surface area contributed by atoms with Gasteiger partial charge in [0, 0.05) is 19.7 Å². The molecule has 0 bridgehead atoms. The first kappa shape index (κ1) is 21.7. The van der Waals surface area contributed by atoms with E-state index in [1.807, 2.05) is 0 Å². The minimum atomic E-state index is -4.01. The maximum absolute atomic E-state index is 13.2. The predicted molar refractivity (Wildman–Crippen MR) is 101 cm³/mol. The van der Waals surface area contributed by atoms with Crippen LogP contribution in [0.15, 0.2) is 45.9 Å². The molecule has 154 valence electrons. The number of amides is 1. The summed E-state index contributed by atoms with van der Waals surface area (Å²) < 4.78 is 47.8. The fraction of sp³-hybridized carbons (Fsp3) is 0.389. The number of methoxy groups -OCH3 is 3. The van der Waals surface area contributed by atoms with Gasteiger partial charge in [0.1, 0.15) is 5.76 Å². The Labute approximate surface area is 164 Å². The van der Waals surface area contributed by atoms with E-state index in [1.54, 1.807) is 12.1 Å². The third-order valence-electron chi connectivity index (χ3n) is 3.85. The Bertz CT molecular complexity index is 866. The SMILES string of the molecule is COCCNC(=O)CN(Cc1ccco1)S(=O)(=O)c1ccc(OC)c(OC)c1. The number of hydrogen-bond acceptors (Lipinski definition) is 7. The molecule has 2 rings (SSSR count). The topological polar surface area (TPSA) is 107 Å². The first-order valence-corrected chi connectivity index (χ1v) is 9.86. The molecule has 0 unspecified atom stereocenters. The molecule has 0 saturated heterocycles. The molecule has 1 aromatic carbocycles. The number of sulfonamides is 1. The second-order valence-corrected chi connectivity index (χ2v) is 7.65. The van der Waals surface area contributed by atoms with E-state index in [4.69, 9.17) is 18.6 Å². The van der Waals surface area contributed by atoms with Crippen LogP contribution in [0.3, 0.4) is 0 Å². The van der Waals surface area contributed by atoms with Crippen LogP contribution in [-0.4, -0.2) is 59.7 Å². The minimum absolute atomic E-state index is 0.0265. The lowest BCUT2D eigenvalue weighted by Gasteiger charge is -2.21. The molecule has 0 aliphatic carbocycles. The average molecular weight is 412 g/mol. The average Bonchev–Trinajstić information content (AvgIpc) is 3.20. The quantitative estimate of drug-likeness (QED) is 0.554. The molecule has 0 spiro atoms. The van der Waals surface area contributed by atoms with Crippen LogP contribution in [-0.2, 0) is 26.1 Å². The van der Waals surface area contributed by atoms with Crippen LogP contribution in [0.2, 0.25) is 0 Å². The van der Waals surface area contributed by atoms with Gasteiger partial charge in [0.2, 0.25) is 15.9 Å². The minimum Gasteiger partial charge on any atom is -0.493 e. The van der Waals surface area contributed by atoms with Crippen LogP contribution in [0.25, 0.3) is 0 Å². The molecule has 1 heterocycles. The highest BCUT2D eigenvalue weighted by atomic mass is 32.2. The highest BCUT2D eigenvalue weighted by Crippen LogP contribution is 2.31. The van der Waals surface area contributed by atoms with Gasteiger partial charge in [-0.3, -0.25) is 4.79 Å². The summed E-state index contributed by atoms with van der Waals surface area (Å²) in [6.07, 6.45) is 1.44. The van der Waals surface area contributed by atoms with Crippen LogP contribution in [0.5, 0.6) is 11.5 Å². The van der Waals surface area contributed by atoms with Gasteiger partial charge in [-0.15, -0.1) is 0 Å². The monoisotopic (exact) mass is 412 g/mol. The molecule has 0 atom stereocenters. The Balaban J connectivity index is 2.30. The largest absolute Gasteiger partial charge is 0.493 e. The van der Waals surface area contributed by atoms with Crippen molar-refractivity contribution in [3.8, 4) is 11.5 Å².